The third-order valence-corrected chi connectivity index (χ3v) is 4.66. The number of fused-ring (bicyclic) bond motifs is 1. The predicted octanol–water partition coefficient (Wildman–Crippen LogP) is 3.00. The molecule has 1 fully saturated rings. The number of amides is 1. The molecule has 3 aromatic rings. The number of nitrogens with zero attached hydrogens (tertiary/aromatic N) is 6. The first-order valence-corrected chi connectivity index (χ1v) is 9.73. The number of likely N-dealkylation sites (tertiary alicyclic amines) is 1. The fourth-order valence-corrected chi connectivity index (χ4v) is 3.40. The van der Waals surface area contributed by atoms with Gasteiger partial charge in [-0.3, -0.25) is 4.98 Å². The fraction of sp³-hybridized carbons (Fsp3) is 0.450. The van der Waals surface area contributed by atoms with Gasteiger partial charge in [0.25, 0.3) is 0 Å². The van der Waals surface area contributed by atoms with Crippen molar-refractivity contribution < 1.29 is 9.53 Å². The molecular weight excluding hydrogens is 370 g/mol. The van der Waals surface area contributed by atoms with E-state index in [-0.39, 0.29) is 12.1 Å². The second kappa shape index (κ2) is 7.65. The molecule has 9 heteroatoms. The van der Waals surface area contributed by atoms with Crippen LogP contribution in [0.1, 0.15) is 33.6 Å². The maximum absolute atomic E-state index is 12.4. The van der Waals surface area contributed by atoms with Crippen LogP contribution in [0.15, 0.2) is 37.2 Å². The SMILES string of the molecule is CC(C)(C)OC(=O)N1CCCC(Nc2cncc(-c3cnn4cnccc34)n2)C1. The molecule has 1 aliphatic rings. The van der Waals surface area contributed by atoms with Gasteiger partial charge in [-0.1, -0.05) is 0 Å². The standard InChI is InChI=1S/C20H25N7O2/c1-20(2,3)29-19(28)26-8-4-5-14(12-26)24-18-11-22-10-16(25-18)15-9-23-27-13-21-7-6-17(15)27/h6-7,9-11,13-14H,4-5,8,12H2,1-3H3,(H,24,25). The quantitative estimate of drug-likeness (QED) is 0.728. The van der Waals surface area contributed by atoms with Gasteiger partial charge in [0, 0.05) is 30.9 Å². The maximum Gasteiger partial charge on any atom is 0.410 e. The Labute approximate surface area is 169 Å². The molecule has 0 bridgehead atoms. The highest BCUT2D eigenvalue weighted by Gasteiger charge is 2.27. The molecule has 0 saturated carbocycles. The summed E-state index contributed by atoms with van der Waals surface area (Å²) in [5.74, 6) is 0.673. The van der Waals surface area contributed by atoms with Crippen molar-refractivity contribution in [1.29, 1.82) is 0 Å². The molecule has 1 amide bonds. The van der Waals surface area contributed by atoms with E-state index in [4.69, 9.17) is 9.72 Å². The van der Waals surface area contributed by atoms with Crippen LogP contribution in [0.5, 0.6) is 0 Å². The third-order valence-electron chi connectivity index (χ3n) is 4.66. The van der Waals surface area contributed by atoms with Crippen molar-refractivity contribution in [2.45, 2.75) is 45.3 Å². The van der Waals surface area contributed by atoms with Crippen molar-refractivity contribution in [3.05, 3.63) is 37.2 Å². The Morgan fingerprint density at radius 3 is 2.93 bits per heavy atom. The van der Waals surface area contributed by atoms with E-state index >= 15 is 0 Å². The number of anilines is 1. The van der Waals surface area contributed by atoms with Crippen LogP contribution in [0.3, 0.4) is 0 Å². The molecule has 1 unspecified atom stereocenters. The first-order valence-electron chi connectivity index (χ1n) is 9.73. The third kappa shape index (κ3) is 4.44. The smallest absolute Gasteiger partial charge is 0.410 e. The maximum atomic E-state index is 12.4. The van der Waals surface area contributed by atoms with Gasteiger partial charge in [0.2, 0.25) is 0 Å². The average Bonchev–Trinajstić information content (AvgIpc) is 3.11. The van der Waals surface area contributed by atoms with Crippen LogP contribution in [0.25, 0.3) is 16.8 Å². The highest BCUT2D eigenvalue weighted by Crippen LogP contribution is 2.23. The van der Waals surface area contributed by atoms with Gasteiger partial charge in [-0.2, -0.15) is 5.10 Å². The van der Waals surface area contributed by atoms with Gasteiger partial charge in [0.15, 0.2) is 0 Å². The number of carbonyl (C=O) groups excluding carboxylic acids is 1. The van der Waals surface area contributed by atoms with Gasteiger partial charge in [0.05, 0.1) is 29.8 Å². The molecule has 3 aromatic heterocycles. The van der Waals surface area contributed by atoms with Gasteiger partial charge in [-0.15, -0.1) is 0 Å². The zero-order valence-electron chi connectivity index (χ0n) is 16.9. The largest absolute Gasteiger partial charge is 0.444 e. The zero-order chi connectivity index (χ0) is 20.4. The number of hydrogen-bond acceptors (Lipinski definition) is 7. The van der Waals surface area contributed by atoms with Crippen LogP contribution in [0.2, 0.25) is 0 Å². The topological polar surface area (TPSA) is 97.5 Å². The van der Waals surface area contributed by atoms with E-state index in [0.29, 0.717) is 18.9 Å². The zero-order valence-corrected chi connectivity index (χ0v) is 16.9. The molecule has 0 aromatic carbocycles. The van der Waals surface area contributed by atoms with Crippen molar-refractivity contribution in [3.63, 3.8) is 0 Å². The lowest BCUT2D eigenvalue weighted by Crippen LogP contribution is -2.47. The molecule has 0 aliphatic carbocycles. The summed E-state index contributed by atoms with van der Waals surface area (Å²) in [6, 6.07) is 1.98. The molecule has 0 spiro atoms. The van der Waals surface area contributed by atoms with E-state index in [1.807, 2.05) is 26.8 Å². The number of aromatic nitrogens is 5. The van der Waals surface area contributed by atoms with Crippen LogP contribution in [0.4, 0.5) is 10.6 Å². The van der Waals surface area contributed by atoms with Crippen LogP contribution in [-0.2, 0) is 4.74 Å². The number of hydrogen-bond donors (Lipinski definition) is 1. The van der Waals surface area contributed by atoms with Gasteiger partial charge < -0.3 is 15.0 Å². The van der Waals surface area contributed by atoms with E-state index in [2.05, 4.69) is 20.4 Å². The van der Waals surface area contributed by atoms with Gasteiger partial charge in [-0.25, -0.2) is 19.3 Å². The second-order valence-electron chi connectivity index (χ2n) is 8.17. The summed E-state index contributed by atoms with van der Waals surface area (Å²) in [6.07, 6.45) is 10.1. The Kier molecular flexibility index (Phi) is 5.04. The minimum atomic E-state index is -0.499. The van der Waals surface area contributed by atoms with Crippen LogP contribution >= 0.6 is 0 Å². The Hall–Kier alpha value is -3.23. The number of carbonyl (C=O) groups is 1. The molecular formula is C20H25N7O2. The fourth-order valence-electron chi connectivity index (χ4n) is 3.40. The van der Waals surface area contributed by atoms with Gasteiger partial charge in [0.1, 0.15) is 17.7 Å². The van der Waals surface area contributed by atoms with Crippen molar-refractivity contribution in [1.82, 2.24) is 29.5 Å². The lowest BCUT2D eigenvalue weighted by Gasteiger charge is -2.34. The lowest BCUT2D eigenvalue weighted by atomic mass is 10.1. The molecule has 4 heterocycles. The van der Waals surface area contributed by atoms with Crippen LogP contribution in [-0.4, -0.2) is 60.3 Å². The Morgan fingerprint density at radius 2 is 2.10 bits per heavy atom. The molecule has 152 valence electrons. The average molecular weight is 395 g/mol. The molecule has 29 heavy (non-hydrogen) atoms. The molecule has 1 atom stereocenters. The predicted molar refractivity (Wildman–Crippen MR) is 108 cm³/mol. The summed E-state index contributed by atoms with van der Waals surface area (Å²) in [7, 11) is 0. The summed E-state index contributed by atoms with van der Waals surface area (Å²) >= 11 is 0. The Bertz CT molecular complexity index is 1010. The van der Waals surface area contributed by atoms with Crippen molar-refractivity contribution >= 4 is 17.4 Å². The molecule has 1 saturated heterocycles. The van der Waals surface area contributed by atoms with E-state index in [1.165, 1.54) is 0 Å². The van der Waals surface area contributed by atoms with Crippen molar-refractivity contribution in [2.75, 3.05) is 18.4 Å². The van der Waals surface area contributed by atoms with Gasteiger partial charge in [-0.05, 0) is 39.7 Å². The van der Waals surface area contributed by atoms with E-state index in [1.54, 1.807) is 40.5 Å². The minimum Gasteiger partial charge on any atom is -0.444 e. The first kappa shape index (κ1) is 19.1. The number of nitrogens with one attached hydrogen (secondary N) is 1. The van der Waals surface area contributed by atoms with Crippen molar-refractivity contribution in [2.24, 2.45) is 0 Å². The first-order chi connectivity index (χ1) is 13.9. The number of ether oxygens (including phenoxy) is 1. The molecule has 1 aliphatic heterocycles. The van der Waals surface area contributed by atoms with Crippen LogP contribution < -0.4 is 5.32 Å². The highest BCUT2D eigenvalue weighted by molar-refractivity contribution is 5.77. The molecule has 0 radical (unpaired) electrons. The summed E-state index contributed by atoms with van der Waals surface area (Å²) in [5, 5.41) is 7.72. The van der Waals surface area contributed by atoms with Crippen molar-refractivity contribution in [3.8, 4) is 11.3 Å². The summed E-state index contributed by atoms with van der Waals surface area (Å²) < 4.78 is 7.21. The Morgan fingerprint density at radius 1 is 1.24 bits per heavy atom. The molecule has 9 nitrogen and oxygen atoms in total. The highest BCUT2D eigenvalue weighted by atomic mass is 16.6. The minimum absolute atomic E-state index is 0.0916. The van der Waals surface area contributed by atoms with E-state index < -0.39 is 5.60 Å². The summed E-state index contributed by atoms with van der Waals surface area (Å²) in [6.45, 7) is 6.91. The number of rotatable bonds is 3. The summed E-state index contributed by atoms with van der Waals surface area (Å²) in [4.78, 5) is 27.2. The van der Waals surface area contributed by atoms with Crippen LogP contribution in [0, 0.1) is 0 Å². The second-order valence-corrected chi connectivity index (χ2v) is 8.17. The summed E-state index contributed by atoms with van der Waals surface area (Å²) in [5.41, 5.74) is 2.04. The lowest BCUT2D eigenvalue weighted by molar-refractivity contribution is 0.0206. The van der Waals surface area contributed by atoms with Gasteiger partial charge >= 0.3 is 6.09 Å². The Balaban J connectivity index is 1.47. The molecule has 1 N–H and O–H groups in total. The molecule has 4 rings (SSSR count). The normalized spacial score (nSPS) is 17.3. The number of piperidine rings is 1. The van der Waals surface area contributed by atoms with E-state index in [0.717, 1.165) is 29.6 Å². The van der Waals surface area contributed by atoms with E-state index in [9.17, 15) is 4.79 Å². The monoisotopic (exact) mass is 395 g/mol.